The van der Waals surface area contributed by atoms with Crippen molar-refractivity contribution in [2.45, 2.75) is 39.0 Å². The van der Waals surface area contributed by atoms with Gasteiger partial charge in [0.2, 0.25) is 6.19 Å². The van der Waals surface area contributed by atoms with Crippen LogP contribution in [0.4, 0.5) is 0 Å². The highest BCUT2D eigenvalue weighted by Gasteiger charge is 2.25. The summed E-state index contributed by atoms with van der Waals surface area (Å²) in [5.41, 5.74) is 1.29. The molecular weight excluding hydrogens is 284 g/mol. The summed E-state index contributed by atoms with van der Waals surface area (Å²) in [6.45, 7) is 3.98. The highest BCUT2D eigenvalue weighted by molar-refractivity contribution is 5.87. The molecule has 23 heavy (non-hydrogen) atoms. The van der Waals surface area contributed by atoms with E-state index in [9.17, 15) is 5.26 Å². The number of amidine groups is 1. The first-order valence-electron chi connectivity index (χ1n) is 8.39. The zero-order valence-corrected chi connectivity index (χ0v) is 13.8. The summed E-state index contributed by atoms with van der Waals surface area (Å²) in [5, 5.41) is 18.6. The molecule has 1 aromatic rings. The van der Waals surface area contributed by atoms with Gasteiger partial charge in [0.25, 0.3) is 0 Å². The van der Waals surface area contributed by atoms with Crippen molar-refractivity contribution in [3.05, 3.63) is 35.9 Å². The summed E-state index contributed by atoms with van der Waals surface area (Å²) in [6, 6.07) is 12.7. The molecule has 0 aromatic heterocycles. The van der Waals surface area contributed by atoms with E-state index >= 15 is 0 Å². The molecule has 1 fully saturated rings. The van der Waals surface area contributed by atoms with E-state index in [1.807, 2.05) is 24.4 Å². The van der Waals surface area contributed by atoms with Gasteiger partial charge in [0.15, 0.2) is 0 Å². The molecule has 1 aliphatic heterocycles. The van der Waals surface area contributed by atoms with Crippen molar-refractivity contribution in [2.75, 3.05) is 13.1 Å². The van der Waals surface area contributed by atoms with Crippen LogP contribution in [0, 0.1) is 34.6 Å². The average molecular weight is 308 g/mol. The van der Waals surface area contributed by atoms with Crippen LogP contribution >= 0.6 is 0 Å². The highest BCUT2D eigenvalue weighted by atomic mass is 15.2. The van der Waals surface area contributed by atoms with Gasteiger partial charge in [-0.1, -0.05) is 37.3 Å². The van der Waals surface area contributed by atoms with Crippen LogP contribution in [0.3, 0.4) is 0 Å². The second-order valence-corrected chi connectivity index (χ2v) is 6.33. The first kappa shape index (κ1) is 17.0. The van der Waals surface area contributed by atoms with Gasteiger partial charge in [-0.05, 0) is 43.6 Å². The van der Waals surface area contributed by atoms with Gasteiger partial charge >= 0.3 is 0 Å². The lowest BCUT2D eigenvalue weighted by molar-refractivity contribution is 0.325. The Hall–Kier alpha value is -2.33. The predicted molar refractivity (Wildman–Crippen MR) is 91.5 cm³/mol. The molecule has 0 amide bonds. The van der Waals surface area contributed by atoms with Crippen LogP contribution in [0.2, 0.25) is 0 Å². The van der Waals surface area contributed by atoms with Gasteiger partial charge in [-0.25, -0.2) is 0 Å². The van der Waals surface area contributed by atoms with Crippen molar-refractivity contribution in [3.63, 3.8) is 0 Å². The van der Waals surface area contributed by atoms with Crippen LogP contribution in [0.25, 0.3) is 0 Å². The summed E-state index contributed by atoms with van der Waals surface area (Å²) in [5.74, 6) is 0.747. The standard InChI is InChI=1S/C19H24N4/c1-16(12-17-8-4-2-5-9-17)13-18(14-20)19(22-15-21)23-10-6-3-7-11-23/h2,4-5,8-9,16,18H,3,6-7,10-13H2,1H3/b22-19-. The molecule has 1 heterocycles. The van der Waals surface area contributed by atoms with Crippen molar-refractivity contribution in [3.8, 4) is 12.3 Å². The van der Waals surface area contributed by atoms with Crippen LogP contribution in [0.15, 0.2) is 35.3 Å². The smallest absolute Gasteiger partial charge is 0.207 e. The number of hydrogen-bond acceptors (Lipinski definition) is 3. The van der Waals surface area contributed by atoms with E-state index in [0.29, 0.717) is 11.8 Å². The second kappa shape index (κ2) is 8.96. The molecule has 0 bridgehead atoms. The molecule has 1 saturated heterocycles. The molecule has 1 aliphatic rings. The van der Waals surface area contributed by atoms with E-state index < -0.39 is 0 Å². The van der Waals surface area contributed by atoms with E-state index in [1.54, 1.807) is 0 Å². The number of piperidine rings is 1. The number of nitrogens with zero attached hydrogens (tertiary/aromatic N) is 4. The maximum Gasteiger partial charge on any atom is 0.207 e. The van der Waals surface area contributed by atoms with E-state index in [1.165, 1.54) is 12.0 Å². The molecular formula is C19H24N4. The Morgan fingerprint density at radius 3 is 2.48 bits per heavy atom. The molecule has 0 N–H and O–H groups in total. The van der Waals surface area contributed by atoms with Crippen molar-refractivity contribution >= 4 is 5.84 Å². The number of likely N-dealkylation sites (tertiary alicyclic amines) is 1. The Labute approximate surface area is 139 Å². The summed E-state index contributed by atoms with van der Waals surface area (Å²) < 4.78 is 0. The third-order valence-electron chi connectivity index (χ3n) is 4.38. The molecule has 2 atom stereocenters. The number of benzene rings is 1. The second-order valence-electron chi connectivity index (χ2n) is 6.33. The van der Waals surface area contributed by atoms with E-state index in [4.69, 9.17) is 5.26 Å². The molecule has 0 spiro atoms. The van der Waals surface area contributed by atoms with E-state index in [-0.39, 0.29) is 5.92 Å². The Morgan fingerprint density at radius 1 is 1.17 bits per heavy atom. The van der Waals surface area contributed by atoms with Gasteiger partial charge in [0, 0.05) is 13.1 Å². The summed E-state index contributed by atoms with van der Waals surface area (Å²) in [7, 11) is 0. The highest BCUT2D eigenvalue weighted by Crippen LogP contribution is 2.21. The lowest BCUT2D eigenvalue weighted by Crippen LogP contribution is -2.40. The fourth-order valence-corrected chi connectivity index (χ4v) is 3.26. The maximum atomic E-state index is 9.60. The minimum Gasteiger partial charge on any atom is -0.358 e. The summed E-state index contributed by atoms with van der Waals surface area (Å²) >= 11 is 0. The zero-order valence-electron chi connectivity index (χ0n) is 13.8. The SMILES string of the molecule is CC(Cc1ccccc1)CC(C#N)/C(=N/C#N)N1CCCCC1. The van der Waals surface area contributed by atoms with Crippen LogP contribution in [0.1, 0.15) is 38.2 Å². The third-order valence-corrected chi connectivity index (χ3v) is 4.38. The first-order chi connectivity index (χ1) is 11.2. The largest absolute Gasteiger partial charge is 0.358 e. The number of hydrogen-bond donors (Lipinski definition) is 0. The average Bonchev–Trinajstić information content (AvgIpc) is 2.59. The van der Waals surface area contributed by atoms with Gasteiger partial charge < -0.3 is 4.90 Å². The van der Waals surface area contributed by atoms with Crippen LogP contribution in [-0.4, -0.2) is 23.8 Å². The Balaban J connectivity index is 2.03. The topological polar surface area (TPSA) is 63.2 Å². The molecule has 0 radical (unpaired) electrons. The molecule has 4 heteroatoms. The van der Waals surface area contributed by atoms with E-state index in [0.717, 1.165) is 38.8 Å². The monoisotopic (exact) mass is 308 g/mol. The molecule has 2 unspecified atom stereocenters. The van der Waals surface area contributed by atoms with Crippen LogP contribution in [-0.2, 0) is 6.42 Å². The Bertz CT molecular complexity index is 588. The molecule has 120 valence electrons. The number of nitriles is 2. The molecule has 4 nitrogen and oxygen atoms in total. The Morgan fingerprint density at radius 2 is 1.87 bits per heavy atom. The lowest BCUT2D eigenvalue weighted by Gasteiger charge is -2.31. The van der Waals surface area contributed by atoms with Gasteiger partial charge in [-0.2, -0.15) is 15.5 Å². The minimum absolute atomic E-state index is 0.300. The Kier molecular flexibility index (Phi) is 6.63. The van der Waals surface area contributed by atoms with Crippen LogP contribution in [0.5, 0.6) is 0 Å². The quantitative estimate of drug-likeness (QED) is 0.472. The fraction of sp³-hybridized carbons (Fsp3) is 0.526. The van der Waals surface area contributed by atoms with Crippen molar-refractivity contribution in [1.29, 1.82) is 10.5 Å². The predicted octanol–water partition coefficient (Wildman–Crippen LogP) is 3.76. The number of rotatable bonds is 5. The van der Waals surface area contributed by atoms with Gasteiger partial charge in [-0.3, -0.25) is 0 Å². The number of aliphatic imine (C=N–C) groups is 1. The normalized spacial score (nSPS) is 17.9. The lowest BCUT2D eigenvalue weighted by atomic mass is 9.90. The van der Waals surface area contributed by atoms with Crippen LogP contribution < -0.4 is 0 Å². The first-order valence-corrected chi connectivity index (χ1v) is 8.39. The third kappa shape index (κ3) is 5.11. The zero-order chi connectivity index (χ0) is 16.5. The van der Waals surface area contributed by atoms with Gasteiger partial charge in [0.1, 0.15) is 11.8 Å². The molecule has 2 rings (SSSR count). The van der Waals surface area contributed by atoms with Crippen molar-refractivity contribution in [1.82, 2.24) is 4.90 Å². The van der Waals surface area contributed by atoms with E-state index in [2.05, 4.69) is 35.0 Å². The fourth-order valence-electron chi connectivity index (χ4n) is 3.26. The molecule has 1 aromatic carbocycles. The maximum absolute atomic E-state index is 9.60. The molecule has 0 aliphatic carbocycles. The molecule has 0 saturated carbocycles. The summed E-state index contributed by atoms with van der Waals surface area (Å²) in [4.78, 5) is 6.14. The minimum atomic E-state index is -0.300. The van der Waals surface area contributed by atoms with Crippen molar-refractivity contribution < 1.29 is 0 Å². The van der Waals surface area contributed by atoms with Crippen molar-refractivity contribution in [2.24, 2.45) is 16.8 Å². The van der Waals surface area contributed by atoms with Gasteiger partial charge in [-0.15, -0.1) is 0 Å². The summed E-state index contributed by atoms with van der Waals surface area (Å²) in [6.07, 6.45) is 7.03. The van der Waals surface area contributed by atoms with Gasteiger partial charge in [0.05, 0.1) is 6.07 Å².